The van der Waals surface area contributed by atoms with Crippen molar-refractivity contribution < 1.29 is 0 Å². The van der Waals surface area contributed by atoms with Crippen molar-refractivity contribution in [1.82, 2.24) is 4.98 Å². The summed E-state index contributed by atoms with van der Waals surface area (Å²) in [6, 6.07) is 3.83. The van der Waals surface area contributed by atoms with E-state index in [1.807, 2.05) is 18.3 Å². The van der Waals surface area contributed by atoms with Crippen molar-refractivity contribution in [2.24, 2.45) is 4.99 Å². The number of hydrogen-bond acceptors (Lipinski definition) is 2. The van der Waals surface area contributed by atoms with Crippen LogP contribution >= 0.6 is 11.6 Å². The highest BCUT2D eigenvalue weighted by molar-refractivity contribution is 6.29. The van der Waals surface area contributed by atoms with Crippen LogP contribution in [-0.4, -0.2) is 18.2 Å². The minimum Gasteiger partial charge on any atom is -0.301 e. The van der Waals surface area contributed by atoms with E-state index in [-0.39, 0.29) is 0 Å². The Balaban J connectivity index is 2.28. The molecule has 1 rings (SSSR count). The van der Waals surface area contributed by atoms with E-state index in [1.165, 1.54) is 5.56 Å². The van der Waals surface area contributed by atoms with Gasteiger partial charge in [0.25, 0.3) is 0 Å². The smallest absolute Gasteiger partial charge is 0.129 e. The molecule has 3 heteroatoms. The fraction of sp³-hybridized carbons (Fsp3) is 0.400. The molecule has 0 radical (unpaired) electrons. The van der Waals surface area contributed by atoms with Gasteiger partial charge >= 0.3 is 0 Å². The number of hydrogen-bond donors (Lipinski definition) is 0. The molecule has 0 N–H and O–H groups in total. The van der Waals surface area contributed by atoms with Crippen molar-refractivity contribution in [1.29, 1.82) is 0 Å². The van der Waals surface area contributed by atoms with Gasteiger partial charge in [-0.05, 0) is 37.6 Å². The summed E-state index contributed by atoms with van der Waals surface area (Å²) in [7, 11) is 0. The van der Waals surface area contributed by atoms with Crippen molar-refractivity contribution in [3.63, 3.8) is 0 Å². The number of aromatic nitrogens is 1. The maximum Gasteiger partial charge on any atom is 0.129 e. The molecule has 0 saturated heterocycles. The molecule has 0 atom stereocenters. The first-order valence-electron chi connectivity index (χ1n) is 4.36. The van der Waals surface area contributed by atoms with E-state index in [1.54, 1.807) is 0 Å². The number of nitrogens with zero attached hydrogens (tertiary/aromatic N) is 2. The molecule has 0 spiro atoms. The molecule has 13 heavy (non-hydrogen) atoms. The zero-order valence-electron chi connectivity index (χ0n) is 7.54. The van der Waals surface area contributed by atoms with Gasteiger partial charge in [0.2, 0.25) is 0 Å². The predicted octanol–water partition coefficient (Wildman–Crippen LogP) is 2.76. The Morgan fingerprint density at radius 1 is 1.38 bits per heavy atom. The molecule has 0 saturated carbocycles. The number of pyridine rings is 1. The largest absolute Gasteiger partial charge is 0.301 e. The van der Waals surface area contributed by atoms with Gasteiger partial charge in [0.15, 0.2) is 0 Å². The van der Waals surface area contributed by atoms with E-state index < -0.39 is 0 Å². The van der Waals surface area contributed by atoms with Crippen LogP contribution < -0.4 is 0 Å². The quantitative estimate of drug-likeness (QED) is 0.404. The molecular formula is C10H13ClN2. The topological polar surface area (TPSA) is 25.2 Å². The molecule has 2 nitrogen and oxygen atoms in total. The minimum absolute atomic E-state index is 0.552. The standard InChI is InChI=1S/C10H13ClN2/c1-12-7-3-2-4-9-5-6-10(11)13-8-9/h5-6,8H,1-4,7H2. The van der Waals surface area contributed by atoms with Crippen LogP contribution in [0.15, 0.2) is 23.3 Å². The second kappa shape index (κ2) is 5.70. The molecule has 0 aromatic carbocycles. The highest BCUT2D eigenvalue weighted by atomic mass is 35.5. The second-order valence-corrected chi connectivity index (χ2v) is 3.28. The molecule has 1 heterocycles. The number of aryl methyl sites for hydroxylation is 1. The molecule has 0 aliphatic heterocycles. The summed E-state index contributed by atoms with van der Waals surface area (Å²) in [6.45, 7) is 4.29. The summed E-state index contributed by atoms with van der Waals surface area (Å²) in [4.78, 5) is 7.80. The van der Waals surface area contributed by atoms with E-state index in [0.29, 0.717) is 5.15 Å². The molecule has 70 valence electrons. The molecule has 0 unspecified atom stereocenters. The van der Waals surface area contributed by atoms with E-state index in [4.69, 9.17) is 11.6 Å². The van der Waals surface area contributed by atoms with Gasteiger partial charge in [-0.15, -0.1) is 0 Å². The Bertz CT molecular complexity index is 256. The lowest BCUT2D eigenvalue weighted by atomic mass is 10.1. The molecule has 0 bridgehead atoms. The summed E-state index contributed by atoms with van der Waals surface area (Å²) in [6.07, 6.45) is 5.08. The van der Waals surface area contributed by atoms with Gasteiger partial charge in [0.05, 0.1) is 0 Å². The summed E-state index contributed by atoms with van der Waals surface area (Å²) in [5.41, 5.74) is 1.23. The summed E-state index contributed by atoms with van der Waals surface area (Å²) in [5, 5.41) is 0.552. The van der Waals surface area contributed by atoms with Crippen LogP contribution in [0.2, 0.25) is 5.15 Å². The van der Waals surface area contributed by atoms with E-state index in [0.717, 1.165) is 25.8 Å². The third-order valence-electron chi connectivity index (χ3n) is 1.82. The van der Waals surface area contributed by atoms with Crippen LogP contribution in [0.5, 0.6) is 0 Å². The maximum absolute atomic E-state index is 5.66. The average molecular weight is 197 g/mol. The highest BCUT2D eigenvalue weighted by Crippen LogP contribution is 2.08. The van der Waals surface area contributed by atoms with Crippen LogP contribution in [0.1, 0.15) is 18.4 Å². The average Bonchev–Trinajstić information content (AvgIpc) is 2.15. The lowest BCUT2D eigenvalue weighted by Gasteiger charge is -1.99. The fourth-order valence-corrected chi connectivity index (χ4v) is 1.22. The summed E-state index contributed by atoms with van der Waals surface area (Å²) in [5.74, 6) is 0. The summed E-state index contributed by atoms with van der Waals surface area (Å²) >= 11 is 5.66. The molecule has 1 aromatic heterocycles. The Morgan fingerprint density at radius 3 is 2.85 bits per heavy atom. The van der Waals surface area contributed by atoms with Gasteiger partial charge in [-0.1, -0.05) is 17.7 Å². The Kier molecular flexibility index (Phi) is 4.47. The first kappa shape index (κ1) is 10.2. The van der Waals surface area contributed by atoms with Crippen molar-refractivity contribution >= 4 is 18.3 Å². The Hall–Kier alpha value is -0.890. The maximum atomic E-state index is 5.66. The van der Waals surface area contributed by atoms with Gasteiger partial charge in [-0.2, -0.15) is 0 Å². The van der Waals surface area contributed by atoms with Gasteiger partial charge < -0.3 is 4.99 Å². The number of unbranched alkanes of at least 4 members (excludes halogenated alkanes) is 1. The molecule has 0 fully saturated rings. The molecule has 0 amide bonds. The first-order valence-corrected chi connectivity index (χ1v) is 4.73. The monoisotopic (exact) mass is 196 g/mol. The van der Waals surface area contributed by atoms with Gasteiger partial charge in [-0.3, -0.25) is 0 Å². The molecule has 0 aliphatic carbocycles. The third kappa shape index (κ3) is 4.04. The van der Waals surface area contributed by atoms with E-state index in [2.05, 4.69) is 16.7 Å². The predicted molar refractivity (Wildman–Crippen MR) is 56.6 cm³/mol. The van der Waals surface area contributed by atoms with E-state index in [9.17, 15) is 0 Å². The van der Waals surface area contributed by atoms with Crippen LogP contribution in [0.4, 0.5) is 0 Å². The van der Waals surface area contributed by atoms with Gasteiger partial charge in [0.1, 0.15) is 5.15 Å². The third-order valence-corrected chi connectivity index (χ3v) is 2.04. The zero-order valence-corrected chi connectivity index (χ0v) is 8.30. The van der Waals surface area contributed by atoms with Crippen molar-refractivity contribution in [2.45, 2.75) is 19.3 Å². The number of aliphatic imine (C=N–C) groups is 1. The van der Waals surface area contributed by atoms with Crippen LogP contribution in [-0.2, 0) is 6.42 Å². The fourth-order valence-electron chi connectivity index (χ4n) is 1.11. The normalized spacial score (nSPS) is 9.92. The van der Waals surface area contributed by atoms with Crippen LogP contribution in [0, 0.1) is 0 Å². The number of halogens is 1. The molecule has 1 aromatic rings. The van der Waals surface area contributed by atoms with E-state index >= 15 is 0 Å². The lowest BCUT2D eigenvalue weighted by Crippen LogP contribution is -1.88. The van der Waals surface area contributed by atoms with Crippen molar-refractivity contribution in [3.05, 3.63) is 29.0 Å². The summed E-state index contributed by atoms with van der Waals surface area (Å²) < 4.78 is 0. The molecule has 0 aliphatic rings. The Labute approximate surface area is 83.7 Å². The van der Waals surface area contributed by atoms with Gasteiger partial charge in [0, 0.05) is 12.7 Å². The van der Waals surface area contributed by atoms with Crippen molar-refractivity contribution in [3.8, 4) is 0 Å². The number of rotatable bonds is 5. The van der Waals surface area contributed by atoms with Gasteiger partial charge in [-0.25, -0.2) is 4.98 Å². The zero-order chi connectivity index (χ0) is 9.52. The van der Waals surface area contributed by atoms with Crippen LogP contribution in [0.3, 0.4) is 0 Å². The minimum atomic E-state index is 0.552. The lowest BCUT2D eigenvalue weighted by molar-refractivity contribution is 0.746. The first-order chi connectivity index (χ1) is 6.33. The second-order valence-electron chi connectivity index (χ2n) is 2.89. The SMILES string of the molecule is C=NCCCCc1ccc(Cl)nc1. The molecular weight excluding hydrogens is 184 g/mol. The van der Waals surface area contributed by atoms with Crippen molar-refractivity contribution in [2.75, 3.05) is 6.54 Å². The van der Waals surface area contributed by atoms with Crippen LogP contribution in [0.25, 0.3) is 0 Å². The highest BCUT2D eigenvalue weighted by Gasteiger charge is 1.93. The Morgan fingerprint density at radius 2 is 2.23 bits per heavy atom.